The number of fused-ring (bicyclic) bond motifs is 1. The second kappa shape index (κ2) is 9.07. The molecule has 2 aromatic rings. The minimum Gasteiger partial charge on any atom is -0.454 e. The van der Waals surface area contributed by atoms with Crippen LogP contribution >= 0.6 is 0 Å². The number of aliphatic hydroxyl groups is 2. The van der Waals surface area contributed by atoms with Crippen LogP contribution in [-0.4, -0.2) is 65.7 Å². The molecule has 10 heteroatoms. The topological polar surface area (TPSA) is 104 Å². The van der Waals surface area contributed by atoms with Crippen LogP contribution in [0.4, 0.5) is 14.5 Å². The van der Waals surface area contributed by atoms with Gasteiger partial charge in [-0.15, -0.1) is 0 Å². The van der Waals surface area contributed by atoms with Gasteiger partial charge in [0.25, 0.3) is 0 Å². The normalized spacial score (nSPS) is 17.0. The van der Waals surface area contributed by atoms with Crippen molar-refractivity contribution in [2.75, 3.05) is 37.7 Å². The van der Waals surface area contributed by atoms with E-state index in [1.54, 1.807) is 11.8 Å². The van der Waals surface area contributed by atoms with Gasteiger partial charge in [-0.2, -0.15) is 0 Å². The number of pyridine rings is 1. The predicted molar refractivity (Wildman–Crippen MR) is 107 cm³/mol. The Labute approximate surface area is 171 Å². The number of ether oxygens (including phenoxy) is 1. The highest BCUT2D eigenvalue weighted by Crippen LogP contribution is 2.30. The van der Waals surface area contributed by atoms with Crippen molar-refractivity contribution in [1.82, 2.24) is 9.88 Å². The molecule has 1 unspecified atom stereocenters. The van der Waals surface area contributed by atoms with E-state index in [0.29, 0.717) is 19.6 Å². The van der Waals surface area contributed by atoms with Gasteiger partial charge in [0.1, 0.15) is 23.2 Å². The number of carbonyl (C=O) groups excluding carboxylic acids is 1. The molecule has 3 rings (SSSR count). The van der Waals surface area contributed by atoms with Crippen LogP contribution in [0.5, 0.6) is 0 Å². The van der Waals surface area contributed by atoms with E-state index in [1.807, 2.05) is 6.92 Å². The van der Waals surface area contributed by atoms with Gasteiger partial charge in [-0.1, -0.05) is 0 Å². The van der Waals surface area contributed by atoms with Gasteiger partial charge in [-0.3, -0.25) is 4.79 Å². The van der Waals surface area contributed by atoms with E-state index < -0.39 is 47.9 Å². The van der Waals surface area contributed by atoms with Crippen LogP contribution < -0.4 is 15.6 Å². The number of rotatable bonds is 6. The zero-order chi connectivity index (χ0) is 22.0. The third-order valence-corrected chi connectivity index (χ3v) is 5.16. The average Bonchev–Trinajstić information content (AvgIpc) is 2.72. The number of aliphatic hydroxyl groups excluding tert-OH is 2. The summed E-state index contributed by atoms with van der Waals surface area (Å²) >= 11 is 0. The standard InChI is InChI=1S/C20H25F2N3O5/c1-3-24-8-14(20(29)30-12(9-26)10-27)19(28)13-6-15(21)18(16(22)17(13)24)25-5-4-23-11(2)7-25/h6,8,11-12,23,26-27H,3-5,7,9-10H2,1-2H3. The maximum atomic E-state index is 15.5. The van der Waals surface area contributed by atoms with Gasteiger partial charge < -0.3 is 29.7 Å². The summed E-state index contributed by atoms with van der Waals surface area (Å²) in [5, 5.41) is 21.1. The summed E-state index contributed by atoms with van der Waals surface area (Å²) in [6.07, 6.45) is -0.0440. The van der Waals surface area contributed by atoms with Crippen molar-refractivity contribution in [3.8, 4) is 0 Å². The Hall–Kier alpha value is -2.56. The maximum Gasteiger partial charge on any atom is 0.344 e. The molecule has 1 fully saturated rings. The largest absolute Gasteiger partial charge is 0.454 e. The molecule has 0 aliphatic carbocycles. The highest BCUT2D eigenvalue weighted by molar-refractivity contribution is 5.95. The number of aromatic nitrogens is 1. The molecule has 1 aromatic carbocycles. The van der Waals surface area contributed by atoms with Gasteiger partial charge in [0.15, 0.2) is 5.82 Å². The molecule has 1 atom stereocenters. The summed E-state index contributed by atoms with van der Waals surface area (Å²) in [6, 6.07) is 0.992. The lowest BCUT2D eigenvalue weighted by atomic mass is 10.1. The first-order valence-corrected chi connectivity index (χ1v) is 9.78. The molecule has 1 saturated heterocycles. The summed E-state index contributed by atoms with van der Waals surface area (Å²) in [5.74, 6) is -2.83. The first-order valence-electron chi connectivity index (χ1n) is 9.78. The molecule has 8 nitrogen and oxygen atoms in total. The molecular formula is C20H25F2N3O5. The van der Waals surface area contributed by atoms with Crippen LogP contribution in [0.1, 0.15) is 24.2 Å². The first-order chi connectivity index (χ1) is 14.3. The van der Waals surface area contributed by atoms with Crippen molar-refractivity contribution < 1.29 is 28.5 Å². The van der Waals surface area contributed by atoms with Crippen molar-refractivity contribution in [2.24, 2.45) is 0 Å². The summed E-state index contributed by atoms with van der Waals surface area (Å²) < 4.78 is 36.7. The third kappa shape index (κ3) is 4.03. The van der Waals surface area contributed by atoms with Crippen LogP contribution in [-0.2, 0) is 11.3 Å². The molecule has 0 amide bonds. The molecule has 0 radical (unpaired) electrons. The lowest BCUT2D eigenvalue weighted by molar-refractivity contribution is -0.00561. The molecule has 0 bridgehead atoms. The Morgan fingerprint density at radius 3 is 2.67 bits per heavy atom. The van der Waals surface area contributed by atoms with E-state index >= 15 is 4.39 Å². The van der Waals surface area contributed by atoms with Gasteiger partial charge in [0.2, 0.25) is 5.43 Å². The minimum atomic E-state index is -1.20. The number of piperazine rings is 1. The van der Waals surface area contributed by atoms with Crippen LogP contribution in [0, 0.1) is 11.6 Å². The number of benzene rings is 1. The number of carbonyl (C=O) groups is 1. The molecule has 2 heterocycles. The number of nitrogens with zero attached hydrogens (tertiary/aromatic N) is 2. The van der Waals surface area contributed by atoms with E-state index in [0.717, 1.165) is 12.3 Å². The Kier molecular flexibility index (Phi) is 6.69. The molecule has 1 aliphatic heterocycles. The van der Waals surface area contributed by atoms with Crippen LogP contribution in [0.3, 0.4) is 0 Å². The SMILES string of the molecule is CCn1cc(C(=O)OC(CO)CO)c(=O)c2cc(F)c(N3CCNC(C)C3)c(F)c21. The quantitative estimate of drug-likeness (QED) is 0.583. The molecule has 0 spiro atoms. The van der Waals surface area contributed by atoms with Gasteiger partial charge in [-0.25, -0.2) is 13.6 Å². The number of anilines is 1. The number of halogens is 2. The van der Waals surface area contributed by atoms with E-state index in [1.165, 1.54) is 4.57 Å². The van der Waals surface area contributed by atoms with E-state index in [4.69, 9.17) is 14.9 Å². The fourth-order valence-electron chi connectivity index (χ4n) is 3.64. The first kappa shape index (κ1) is 22.1. The number of nitrogens with one attached hydrogen (secondary N) is 1. The van der Waals surface area contributed by atoms with Gasteiger partial charge in [0.05, 0.1) is 24.1 Å². The molecular weight excluding hydrogens is 400 g/mol. The maximum absolute atomic E-state index is 15.5. The fourth-order valence-corrected chi connectivity index (χ4v) is 3.64. The highest BCUT2D eigenvalue weighted by Gasteiger charge is 2.27. The summed E-state index contributed by atoms with van der Waals surface area (Å²) in [5.41, 5.74) is -1.61. The van der Waals surface area contributed by atoms with Crippen LogP contribution in [0.15, 0.2) is 17.1 Å². The molecule has 3 N–H and O–H groups in total. The lowest BCUT2D eigenvalue weighted by Gasteiger charge is -2.34. The summed E-state index contributed by atoms with van der Waals surface area (Å²) in [7, 11) is 0. The van der Waals surface area contributed by atoms with Crippen LogP contribution in [0.25, 0.3) is 10.9 Å². The number of hydrogen-bond donors (Lipinski definition) is 3. The Balaban J connectivity index is 2.16. The highest BCUT2D eigenvalue weighted by atomic mass is 19.1. The minimum absolute atomic E-state index is 0.0461. The number of hydrogen-bond acceptors (Lipinski definition) is 7. The monoisotopic (exact) mass is 425 g/mol. The van der Waals surface area contributed by atoms with Crippen molar-refractivity contribution in [2.45, 2.75) is 32.5 Å². The second-order valence-electron chi connectivity index (χ2n) is 7.27. The average molecular weight is 425 g/mol. The molecule has 30 heavy (non-hydrogen) atoms. The smallest absolute Gasteiger partial charge is 0.344 e. The third-order valence-electron chi connectivity index (χ3n) is 5.16. The second-order valence-corrected chi connectivity index (χ2v) is 7.27. The van der Waals surface area contributed by atoms with E-state index in [2.05, 4.69) is 5.32 Å². The van der Waals surface area contributed by atoms with Crippen LogP contribution in [0.2, 0.25) is 0 Å². The predicted octanol–water partition coefficient (Wildman–Crippen LogP) is 0.608. The summed E-state index contributed by atoms with van der Waals surface area (Å²) in [4.78, 5) is 26.8. The molecule has 1 aliphatic rings. The van der Waals surface area contributed by atoms with E-state index in [-0.39, 0.29) is 29.2 Å². The number of esters is 1. The Morgan fingerprint density at radius 2 is 2.07 bits per heavy atom. The summed E-state index contributed by atoms with van der Waals surface area (Å²) in [6.45, 7) is 3.94. The lowest BCUT2D eigenvalue weighted by Crippen LogP contribution is -2.49. The fraction of sp³-hybridized carbons (Fsp3) is 0.500. The van der Waals surface area contributed by atoms with Crippen molar-refractivity contribution in [3.63, 3.8) is 0 Å². The van der Waals surface area contributed by atoms with Crippen molar-refractivity contribution in [1.29, 1.82) is 0 Å². The van der Waals surface area contributed by atoms with Crippen molar-refractivity contribution >= 4 is 22.6 Å². The molecule has 164 valence electrons. The van der Waals surface area contributed by atoms with Crippen molar-refractivity contribution in [3.05, 3.63) is 39.7 Å². The Morgan fingerprint density at radius 1 is 1.37 bits per heavy atom. The van der Waals surface area contributed by atoms with E-state index in [9.17, 15) is 14.0 Å². The zero-order valence-corrected chi connectivity index (χ0v) is 16.8. The van der Waals surface area contributed by atoms with Gasteiger partial charge in [-0.05, 0) is 19.9 Å². The number of aryl methyl sites for hydroxylation is 1. The van der Waals surface area contributed by atoms with Gasteiger partial charge in [0, 0.05) is 38.4 Å². The Bertz CT molecular complexity index is 1010. The zero-order valence-electron chi connectivity index (χ0n) is 16.8. The molecule has 1 aromatic heterocycles. The van der Waals surface area contributed by atoms with Gasteiger partial charge >= 0.3 is 5.97 Å². The molecule has 0 saturated carbocycles.